The van der Waals surface area contributed by atoms with Crippen LogP contribution in [-0.4, -0.2) is 21.1 Å². The van der Waals surface area contributed by atoms with Crippen LogP contribution in [0, 0.1) is 5.82 Å². The van der Waals surface area contributed by atoms with E-state index in [1.54, 1.807) is 30.6 Å². The summed E-state index contributed by atoms with van der Waals surface area (Å²) in [5.41, 5.74) is 8.12. The summed E-state index contributed by atoms with van der Waals surface area (Å²) < 4.78 is 18.3. The van der Waals surface area contributed by atoms with Gasteiger partial charge in [-0.05, 0) is 30.5 Å². The Balaban J connectivity index is 1.66. The Morgan fingerprint density at radius 3 is 2.73 bits per heavy atom. The van der Waals surface area contributed by atoms with Gasteiger partial charge in [0.15, 0.2) is 5.58 Å². The summed E-state index contributed by atoms with van der Waals surface area (Å²) in [6.07, 6.45) is 3.34. The first-order valence-electron chi connectivity index (χ1n) is 7.02. The number of nitrogens with zero attached hydrogens (tertiary/aromatic N) is 2. The molecule has 0 unspecified atom stereocenters. The Hall–Kier alpha value is -2.31. The highest BCUT2D eigenvalue weighted by atomic mass is 19.1. The third kappa shape index (κ3) is 3.13. The van der Waals surface area contributed by atoms with Gasteiger partial charge in [-0.2, -0.15) is 0 Å². The van der Waals surface area contributed by atoms with Crippen LogP contribution < -0.4 is 5.73 Å². The van der Waals surface area contributed by atoms with E-state index in [0.29, 0.717) is 23.9 Å². The number of aromatic nitrogens is 2. The third-order valence-electron chi connectivity index (χ3n) is 3.54. The smallest absolute Gasteiger partial charge is 0.226 e. The molecule has 5 nitrogen and oxygen atoms in total. The van der Waals surface area contributed by atoms with Gasteiger partial charge in [0, 0.05) is 18.3 Å². The predicted octanol–water partition coefficient (Wildman–Crippen LogP) is 2.36. The minimum atomic E-state index is -0.993. The van der Waals surface area contributed by atoms with Crippen molar-refractivity contribution in [1.29, 1.82) is 0 Å². The van der Waals surface area contributed by atoms with Gasteiger partial charge < -0.3 is 15.3 Å². The summed E-state index contributed by atoms with van der Waals surface area (Å²) >= 11 is 0. The van der Waals surface area contributed by atoms with Gasteiger partial charge in [-0.15, -0.1) is 0 Å². The van der Waals surface area contributed by atoms with Gasteiger partial charge in [0.25, 0.3) is 0 Å². The SMILES string of the molecule is N[C@H](CCc1ccc(F)cc1)[C@@H](O)c1nc2cnccc2o1. The van der Waals surface area contributed by atoms with Gasteiger partial charge in [-0.3, -0.25) is 4.98 Å². The second-order valence-electron chi connectivity index (χ2n) is 5.17. The van der Waals surface area contributed by atoms with Crippen LogP contribution in [0.2, 0.25) is 0 Å². The van der Waals surface area contributed by atoms with Gasteiger partial charge in [0.05, 0.1) is 6.20 Å². The van der Waals surface area contributed by atoms with Crippen molar-refractivity contribution in [2.75, 3.05) is 0 Å². The zero-order valence-corrected chi connectivity index (χ0v) is 11.8. The molecular formula is C16H16FN3O2. The number of rotatable bonds is 5. The highest BCUT2D eigenvalue weighted by molar-refractivity contribution is 5.70. The molecule has 0 radical (unpaired) electrons. The quantitative estimate of drug-likeness (QED) is 0.755. The Kier molecular flexibility index (Phi) is 4.13. The van der Waals surface area contributed by atoms with Crippen LogP contribution in [0.25, 0.3) is 11.1 Å². The largest absolute Gasteiger partial charge is 0.438 e. The van der Waals surface area contributed by atoms with Crippen LogP contribution in [-0.2, 0) is 6.42 Å². The molecule has 0 aliphatic rings. The van der Waals surface area contributed by atoms with Crippen LogP contribution in [0.15, 0.2) is 47.1 Å². The highest BCUT2D eigenvalue weighted by Gasteiger charge is 2.22. The molecule has 0 aliphatic heterocycles. The molecule has 3 aromatic rings. The number of aryl methyl sites for hydroxylation is 1. The molecule has 2 aromatic heterocycles. The first-order chi connectivity index (χ1) is 10.6. The van der Waals surface area contributed by atoms with Crippen molar-refractivity contribution in [2.24, 2.45) is 5.73 Å². The number of benzene rings is 1. The molecule has 114 valence electrons. The normalized spacial score (nSPS) is 14.1. The van der Waals surface area contributed by atoms with Crippen molar-refractivity contribution in [2.45, 2.75) is 25.0 Å². The lowest BCUT2D eigenvalue weighted by Gasteiger charge is -2.15. The lowest BCUT2D eigenvalue weighted by molar-refractivity contribution is 0.114. The summed E-state index contributed by atoms with van der Waals surface area (Å²) in [5.74, 6) is -0.0808. The number of hydrogen-bond acceptors (Lipinski definition) is 5. The molecule has 0 fully saturated rings. The maximum absolute atomic E-state index is 12.8. The fourth-order valence-electron chi connectivity index (χ4n) is 2.25. The lowest BCUT2D eigenvalue weighted by atomic mass is 10.0. The van der Waals surface area contributed by atoms with Crippen molar-refractivity contribution in [3.05, 3.63) is 60.0 Å². The Bertz CT molecular complexity index is 724. The van der Waals surface area contributed by atoms with E-state index < -0.39 is 12.1 Å². The maximum Gasteiger partial charge on any atom is 0.226 e. The van der Waals surface area contributed by atoms with Crippen LogP contribution in [0.3, 0.4) is 0 Å². The minimum absolute atomic E-state index is 0.189. The molecule has 0 amide bonds. The van der Waals surface area contributed by atoms with E-state index in [1.807, 2.05) is 0 Å². The van der Waals surface area contributed by atoms with Gasteiger partial charge >= 0.3 is 0 Å². The number of aliphatic hydroxyl groups is 1. The molecule has 0 aliphatic carbocycles. The van der Waals surface area contributed by atoms with Crippen LogP contribution in [0.1, 0.15) is 24.0 Å². The average Bonchev–Trinajstić information content (AvgIpc) is 2.97. The van der Waals surface area contributed by atoms with Crippen molar-refractivity contribution in [1.82, 2.24) is 9.97 Å². The zero-order valence-electron chi connectivity index (χ0n) is 11.8. The zero-order chi connectivity index (χ0) is 15.5. The minimum Gasteiger partial charge on any atom is -0.438 e. The van der Waals surface area contributed by atoms with Crippen molar-refractivity contribution < 1.29 is 13.9 Å². The third-order valence-corrected chi connectivity index (χ3v) is 3.54. The van der Waals surface area contributed by atoms with E-state index in [4.69, 9.17) is 10.2 Å². The molecule has 2 heterocycles. The van der Waals surface area contributed by atoms with Gasteiger partial charge in [0.2, 0.25) is 5.89 Å². The molecule has 0 saturated heterocycles. The molecule has 0 saturated carbocycles. The topological polar surface area (TPSA) is 85.2 Å². The van der Waals surface area contributed by atoms with Crippen molar-refractivity contribution in [3.63, 3.8) is 0 Å². The van der Waals surface area contributed by atoms with Gasteiger partial charge in [0.1, 0.15) is 17.4 Å². The monoisotopic (exact) mass is 301 g/mol. The van der Waals surface area contributed by atoms with E-state index in [2.05, 4.69) is 9.97 Å². The molecule has 1 aromatic carbocycles. The summed E-state index contributed by atoms with van der Waals surface area (Å²) in [5, 5.41) is 10.3. The second-order valence-corrected chi connectivity index (χ2v) is 5.17. The van der Waals surface area contributed by atoms with Crippen LogP contribution in [0.5, 0.6) is 0 Å². The average molecular weight is 301 g/mol. The summed E-state index contributed by atoms with van der Waals surface area (Å²) in [4.78, 5) is 8.14. The molecule has 0 spiro atoms. The molecule has 6 heteroatoms. The summed E-state index contributed by atoms with van der Waals surface area (Å²) in [6.45, 7) is 0. The molecular weight excluding hydrogens is 285 g/mol. The molecule has 22 heavy (non-hydrogen) atoms. The second kappa shape index (κ2) is 6.21. The van der Waals surface area contributed by atoms with E-state index >= 15 is 0 Å². The van der Waals surface area contributed by atoms with E-state index in [1.165, 1.54) is 12.1 Å². The van der Waals surface area contributed by atoms with E-state index in [9.17, 15) is 9.50 Å². The lowest BCUT2D eigenvalue weighted by Crippen LogP contribution is -2.29. The number of nitrogens with two attached hydrogens (primary N) is 1. The van der Waals surface area contributed by atoms with E-state index in [0.717, 1.165) is 5.56 Å². The number of pyridine rings is 1. The van der Waals surface area contributed by atoms with Crippen molar-refractivity contribution >= 4 is 11.1 Å². The van der Waals surface area contributed by atoms with E-state index in [-0.39, 0.29) is 11.7 Å². The molecule has 2 atom stereocenters. The van der Waals surface area contributed by atoms with Crippen molar-refractivity contribution in [3.8, 4) is 0 Å². The van der Waals surface area contributed by atoms with Gasteiger partial charge in [-0.25, -0.2) is 9.37 Å². The Morgan fingerprint density at radius 2 is 2.00 bits per heavy atom. The number of fused-ring (bicyclic) bond motifs is 1. The molecule has 3 rings (SSSR count). The predicted molar refractivity (Wildman–Crippen MR) is 79.5 cm³/mol. The Labute approximate surface area is 126 Å². The van der Waals surface area contributed by atoms with Crippen LogP contribution >= 0.6 is 0 Å². The maximum atomic E-state index is 12.8. The number of halogens is 1. The van der Waals surface area contributed by atoms with Gasteiger partial charge in [-0.1, -0.05) is 12.1 Å². The summed E-state index contributed by atoms with van der Waals surface area (Å²) in [7, 11) is 0. The number of aliphatic hydroxyl groups excluding tert-OH is 1. The fraction of sp³-hybridized carbons (Fsp3) is 0.250. The summed E-state index contributed by atoms with van der Waals surface area (Å²) in [6, 6.07) is 7.39. The molecule has 3 N–H and O–H groups in total. The molecule has 0 bridgehead atoms. The number of oxazole rings is 1. The Morgan fingerprint density at radius 1 is 1.23 bits per heavy atom. The highest BCUT2D eigenvalue weighted by Crippen LogP contribution is 2.22. The fourth-order valence-corrected chi connectivity index (χ4v) is 2.25. The standard InChI is InChI=1S/C16H16FN3O2/c17-11-4-1-10(2-5-11)3-6-12(18)15(21)16-20-13-9-19-8-7-14(13)22-16/h1-2,4-5,7-9,12,15,21H,3,6,18H2/t12-,15-/m1/s1. The number of hydrogen-bond donors (Lipinski definition) is 2. The van der Waals surface area contributed by atoms with Crippen LogP contribution in [0.4, 0.5) is 4.39 Å². The first kappa shape index (κ1) is 14.6. The first-order valence-corrected chi connectivity index (χ1v) is 7.02.